The van der Waals surface area contributed by atoms with Crippen molar-refractivity contribution in [3.05, 3.63) is 0 Å². The molecule has 0 aromatic heterocycles. The van der Waals surface area contributed by atoms with Crippen LogP contribution < -0.4 is 16.4 Å². The quantitative estimate of drug-likeness (QED) is 0.671. The van der Waals surface area contributed by atoms with E-state index in [1.165, 1.54) is 19.3 Å². The molecule has 2 amide bonds. The molecule has 0 spiro atoms. The van der Waals surface area contributed by atoms with E-state index in [4.69, 9.17) is 10.5 Å². The average molecular weight is 348 g/mol. The van der Waals surface area contributed by atoms with Gasteiger partial charge in [-0.05, 0) is 31.6 Å². The molecule has 1 saturated carbocycles. The highest BCUT2D eigenvalue weighted by atomic mass is 35.5. The normalized spacial score (nSPS) is 21.1. The number of nitrogens with one attached hydrogen (secondary N) is 2. The van der Waals surface area contributed by atoms with Gasteiger partial charge in [-0.25, -0.2) is 0 Å². The molecule has 2 aliphatic rings. The Hall–Kier alpha value is -0.850. The first-order chi connectivity index (χ1) is 10.7. The summed E-state index contributed by atoms with van der Waals surface area (Å²) >= 11 is 0. The minimum atomic E-state index is -0.495. The lowest BCUT2D eigenvalue weighted by Gasteiger charge is -2.26. The van der Waals surface area contributed by atoms with Gasteiger partial charge in [-0.1, -0.05) is 19.3 Å². The predicted octanol–water partition coefficient (Wildman–Crippen LogP) is 1.12. The largest absolute Gasteiger partial charge is 0.381 e. The number of ether oxygens (including phenoxy) is 1. The first-order valence-electron chi connectivity index (χ1n) is 8.57. The maximum atomic E-state index is 12.0. The van der Waals surface area contributed by atoms with Crippen molar-refractivity contribution in [3.63, 3.8) is 0 Å². The van der Waals surface area contributed by atoms with Gasteiger partial charge in [0.25, 0.3) is 0 Å². The molecule has 1 aliphatic heterocycles. The van der Waals surface area contributed by atoms with E-state index >= 15 is 0 Å². The highest BCUT2D eigenvalue weighted by Crippen LogP contribution is 2.18. The number of nitrogens with two attached hydrogens (primary N) is 1. The minimum Gasteiger partial charge on any atom is -0.381 e. The number of halogens is 1. The Morgan fingerprint density at radius 1 is 1.09 bits per heavy atom. The summed E-state index contributed by atoms with van der Waals surface area (Å²) in [4.78, 5) is 23.9. The van der Waals surface area contributed by atoms with E-state index in [0.29, 0.717) is 32.2 Å². The summed E-state index contributed by atoms with van der Waals surface area (Å²) in [5, 5.41) is 5.83. The van der Waals surface area contributed by atoms with E-state index in [2.05, 4.69) is 10.6 Å². The summed E-state index contributed by atoms with van der Waals surface area (Å²) in [6, 6.07) is -0.174. The van der Waals surface area contributed by atoms with E-state index in [1.54, 1.807) is 0 Å². The zero-order chi connectivity index (χ0) is 15.8. The Kier molecular flexibility index (Phi) is 9.52. The molecule has 0 radical (unpaired) electrons. The second-order valence-corrected chi connectivity index (χ2v) is 6.42. The third-order valence-corrected chi connectivity index (χ3v) is 4.70. The van der Waals surface area contributed by atoms with Crippen LogP contribution in [0, 0.1) is 5.92 Å². The zero-order valence-corrected chi connectivity index (χ0v) is 14.5. The summed E-state index contributed by atoms with van der Waals surface area (Å²) in [5.74, 6) is 0.0500. The molecule has 1 heterocycles. The van der Waals surface area contributed by atoms with E-state index in [9.17, 15) is 9.59 Å². The van der Waals surface area contributed by atoms with Crippen LogP contribution in [0.3, 0.4) is 0 Å². The van der Waals surface area contributed by atoms with Gasteiger partial charge in [-0.3, -0.25) is 9.59 Å². The molecule has 0 aromatic carbocycles. The van der Waals surface area contributed by atoms with Crippen molar-refractivity contribution in [2.75, 3.05) is 19.8 Å². The summed E-state index contributed by atoms with van der Waals surface area (Å²) in [7, 11) is 0. The third-order valence-electron chi connectivity index (χ3n) is 4.70. The van der Waals surface area contributed by atoms with Crippen molar-refractivity contribution >= 4 is 24.2 Å². The molecule has 1 unspecified atom stereocenters. The Morgan fingerprint density at radius 3 is 2.39 bits per heavy atom. The highest BCUT2D eigenvalue weighted by molar-refractivity contribution is 5.85. The van der Waals surface area contributed by atoms with E-state index in [0.717, 1.165) is 25.7 Å². The van der Waals surface area contributed by atoms with Crippen LogP contribution in [-0.2, 0) is 14.3 Å². The molecule has 23 heavy (non-hydrogen) atoms. The fourth-order valence-electron chi connectivity index (χ4n) is 3.25. The van der Waals surface area contributed by atoms with E-state index < -0.39 is 6.04 Å². The topological polar surface area (TPSA) is 93.5 Å². The SMILES string of the molecule is Cl.NC(C(=O)NCCC(=O)NC1CCCCC1)C1CCOCC1. The number of hydrogen-bond donors (Lipinski definition) is 3. The molecule has 1 saturated heterocycles. The van der Waals surface area contributed by atoms with E-state index in [1.807, 2.05) is 0 Å². The van der Waals surface area contributed by atoms with Crippen molar-refractivity contribution < 1.29 is 14.3 Å². The molecule has 134 valence electrons. The summed E-state index contributed by atoms with van der Waals surface area (Å²) in [6.07, 6.45) is 7.80. The summed E-state index contributed by atoms with van der Waals surface area (Å²) in [6.45, 7) is 1.71. The predicted molar refractivity (Wildman–Crippen MR) is 91.4 cm³/mol. The standard InChI is InChI=1S/C16H29N3O3.ClH/c17-15(12-7-10-22-11-8-12)16(21)18-9-6-14(20)19-13-4-2-1-3-5-13;/h12-13,15H,1-11,17H2,(H,18,21)(H,19,20);1H. The molecule has 2 rings (SSSR count). The third kappa shape index (κ3) is 7.06. The maximum Gasteiger partial charge on any atom is 0.237 e. The lowest BCUT2D eigenvalue weighted by molar-refractivity contribution is -0.124. The molecule has 7 heteroatoms. The number of carbonyl (C=O) groups excluding carboxylic acids is 2. The van der Waals surface area contributed by atoms with Crippen LogP contribution in [-0.4, -0.2) is 43.7 Å². The Bertz CT molecular complexity index is 370. The molecule has 1 atom stereocenters. The van der Waals surface area contributed by atoms with Gasteiger partial charge in [0.05, 0.1) is 6.04 Å². The summed E-state index contributed by atoms with van der Waals surface area (Å²) in [5.41, 5.74) is 5.99. The van der Waals surface area contributed by atoms with Crippen molar-refractivity contribution in [2.24, 2.45) is 11.7 Å². The molecule has 0 bridgehead atoms. The van der Waals surface area contributed by atoms with Crippen molar-refractivity contribution in [1.29, 1.82) is 0 Å². The lowest BCUT2D eigenvalue weighted by atomic mass is 9.92. The molecule has 4 N–H and O–H groups in total. The number of hydrogen-bond acceptors (Lipinski definition) is 4. The first-order valence-corrected chi connectivity index (χ1v) is 8.57. The van der Waals surface area contributed by atoms with Crippen molar-refractivity contribution in [1.82, 2.24) is 10.6 Å². The highest BCUT2D eigenvalue weighted by Gasteiger charge is 2.26. The van der Waals surface area contributed by atoms with Crippen LogP contribution in [0.25, 0.3) is 0 Å². The van der Waals surface area contributed by atoms with Gasteiger partial charge in [-0.15, -0.1) is 12.4 Å². The average Bonchev–Trinajstić information content (AvgIpc) is 2.55. The first kappa shape index (κ1) is 20.2. The Balaban J connectivity index is 0.00000264. The Morgan fingerprint density at radius 2 is 1.74 bits per heavy atom. The number of rotatable bonds is 6. The van der Waals surface area contributed by atoms with Gasteiger partial charge in [0.15, 0.2) is 0 Å². The second kappa shape index (κ2) is 10.8. The van der Waals surface area contributed by atoms with Crippen LogP contribution >= 0.6 is 12.4 Å². The van der Waals surface area contributed by atoms with Gasteiger partial charge in [-0.2, -0.15) is 0 Å². The van der Waals surface area contributed by atoms with Crippen LogP contribution in [0.15, 0.2) is 0 Å². The van der Waals surface area contributed by atoms with Crippen molar-refractivity contribution in [2.45, 2.75) is 63.5 Å². The maximum absolute atomic E-state index is 12.0. The Labute approximate surface area is 144 Å². The van der Waals surface area contributed by atoms with Crippen LogP contribution in [0.1, 0.15) is 51.4 Å². The zero-order valence-electron chi connectivity index (χ0n) is 13.7. The monoisotopic (exact) mass is 347 g/mol. The van der Waals surface area contributed by atoms with Crippen LogP contribution in [0.5, 0.6) is 0 Å². The number of carbonyl (C=O) groups is 2. The number of amides is 2. The van der Waals surface area contributed by atoms with Gasteiger partial charge < -0.3 is 21.1 Å². The summed E-state index contributed by atoms with van der Waals surface area (Å²) < 4.78 is 5.27. The van der Waals surface area contributed by atoms with Crippen LogP contribution in [0.4, 0.5) is 0 Å². The fourth-order valence-corrected chi connectivity index (χ4v) is 3.25. The van der Waals surface area contributed by atoms with Crippen molar-refractivity contribution in [3.8, 4) is 0 Å². The molecule has 1 aliphatic carbocycles. The second-order valence-electron chi connectivity index (χ2n) is 6.42. The van der Waals surface area contributed by atoms with Gasteiger partial charge in [0.1, 0.15) is 0 Å². The van der Waals surface area contributed by atoms with Crippen LogP contribution in [0.2, 0.25) is 0 Å². The molecule has 2 fully saturated rings. The molecule has 0 aromatic rings. The van der Waals surface area contributed by atoms with Gasteiger partial charge in [0.2, 0.25) is 11.8 Å². The molecule has 6 nitrogen and oxygen atoms in total. The fraction of sp³-hybridized carbons (Fsp3) is 0.875. The molecular formula is C16H30ClN3O3. The molecular weight excluding hydrogens is 318 g/mol. The lowest BCUT2D eigenvalue weighted by Crippen LogP contribution is -2.48. The minimum absolute atomic E-state index is 0. The van der Waals surface area contributed by atoms with E-state index in [-0.39, 0.29) is 30.1 Å². The smallest absolute Gasteiger partial charge is 0.237 e. The van der Waals surface area contributed by atoms with Gasteiger partial charge >= 0.3 is 0 Å². The van der Waals surface area contributed by atoms with Gasteiger partial charge in [0, 0.05) is 32.2 Å².